The van der Waals surface area contributed by atoms with Gasteiger partial charge in [-0.2, -0.15) is 0 Å². The van der Waals surface area contributed by atoms with Crippen molar-refractivity contribution in [2.75, 3.05) is 20.3 Å². The van der Waals surface area contributed by atoms with Crippen LogP contribution in [0.3, 0.4) is 0 Å². The van der Waals surface area contributed by atoms with Gasteiger partial charge in [-0.25, -0.2) is 0 Å². The van der Waals surface area contributed by atoms with E-state index >= 15 is 0 Å². The molecule has 2 saturated heterocycles. The normalized spacial score (nSPS) is 34.9. The number of rotatable bonds is 8. The highest BCUT2D eigenvalue weighted by Gasteiger charge is 2.50. The Labute approximate surface area is 223 Å². The van der Waals surface area contributed by atoms with E-state index in [2.05, 4.69) is 5.32 Å². The second kappa shape index (κ2) is 12.7. The lowest BCUT2D eigenvalue weighted by Crippen LogP contribution is -2.63. The summed E-state index contributed by atoms with van der Waals surface area (Å²) in [6.07, 6.45) is -14.9. The molecule has 0 aliphatic carbocycles. The first-order valence-corrected chi connectivity index (χ1v) is 12.4. The smallest absolute Gasteiger partial charge is 0.251 e. The monoisotopic (exact) mass is 551 g/mol. The van der Waals surface area contributed by atoms with Crippen LogP contribution in [-0.4, -0.2) is 117 Å². The van der Waals surface area contributed by atoms with E-state index < -0.39 is 74.4 Å². The van der Waals surface area contributed by atoms with E-state index in [1.807, 2.05) is 0 Å². The molecule has 39 heavy (non-hydrogen) atoms. The number of carbonyl (C=O) groups is 1. The van der Waals surface area contributed by atoms with Crippen molar-refractivity contribution in [3.05, 3.63) is 59.7 Å². The van der Waals surface area contributed by atoms with Gasteiger partial charge in [-0.05, 0) is 42.0 Å². The number of benzene rings is 2. The summed E-state index contributed by atoms with van der Waals surface area (Å²) < 4.78 is 22.7. The van der Waals surface area contributed by atoms with Gasteiger partial charge in [0.25, 0.3) is 5.91 Å². The van der Waals surface area contributed by atoms with Crippen molar-refractivity contribution in [1.29, 1.82) is 0 Å². The molecule has 13 nitrogen and oxygen atoms in total. The van der Waals surface area contributed by atoms with Crippen LogP contribution in [0.1, 0.15) is 22.0 Å². The summed E-state index contributed by atoms with van der Waals surface area (Å²) in [5, 5.41) is 74.1. The van der Waals surface area contributed by atoms with Gasteiger partial charge in [0, 0.05) is 12.6 Å². The van der Waals surface area contributed by atoms with Crippen LogP contribution in [0, 0.1) is 0 Å². The predicted molar refractivity (Wildman–Crippen MR) is 132 cm³/mol. The zero-order chi connectivity index (χ0) is 28.3. The minimum Gasteiger partial charge on any atom is -0.457 e. The molecule has 0 saturated carbocycles. The van der Waals surface area contributed by atoms with Crippen LogP contribution >= 0.6 is 0 Å². The van der Waals surface area contributed by atoms with E-state index in [9.17, 15) is 40.5 Å². The molecule has 0 spiro atoms. The number of amides is 1. The van der Waals surface area contributed by atoms with Gasteiger partial charge in [-0.3, -0.25) is 4.79 Å². The second-order valence-electron chi connectivity index (χ2n) is 9.33. The van der Waals surface area contributed by atoms with Gasteiger partial charge in [0.2, 0.25) is 0 Å². The number of aliphatic hydroxyl groups is 7. The van der Waals surface area contributed by atoms with E-state index in [0.29, 0.717) is 22.6 Å². The SMILES string of the molecule is CNC(=O)c1ccc(Oc2cccc([C@H]3O[C@H](CO)[C@@H](O)[C@H](O[C@H]4O[C@H](CO)[C@@H](O)[C@@H](O)[C@H]4O)[C@@H]3O)c2)cc1. The maximum absolute atomic E-state index is 11.7. The molecule has 8 N–H and O–H groups in total. The maximum Gasteiger partial charge on any atom is 0.251 e. The fourth-order valence-electron chi connectivity index (χ4n) is 4.57. The first kappa shape index (κ1) is 29.3. The number of carbonyl (C=O) groups excluding carboxylic acids is 1. The number of hydrogen-bond acceptors (Lipinski definition) is 12. The second-order valence-corrected chi connectivity index (χ2v) is 9.33. The van der Waals surface area contributed by atoms with Gasteiger partial charge in [-0.15, -0.1) is 0 Å². The van der Waals surface area contributed by atoms with Gasteiger partial charge in [-0.1, -0.05) is 12.1 Å². The lowest BCUT2D eigenvalue weighted by Gasteiger charge is -2.46. The third-order valence-corrected chi connectivity index (χ3v) is 6.77. The fourth-order valence-corrected chi connectivity index (χ4v) is 4.57. The molecule has 0 radical (unpaired) electrons. The molecule has 214 valence electrons. The molecule has 2 aromatic carbocycles. The van der Waals surface area contributed by atoms with Crippen molar-refractivity contribution in [3.63, 3.8) is 0 Å². The Morgan fingerprint density at radius 2 is 1.49 bits per heavy atom. The summed E-state index contributed by atoms with van der Waals surface area (Å²) in [6, 6.07) is 12.9. The molecule has 2 fully saturated rings. The van der Waals surface area contributed by atoms with Crippen LogP contribution in [0.4, 0.5) is 0 Å². The van der Waals surface area contributed by atoms with Crippen molar-refractivity contribution in [1.82, 2.24) is 5.32 Å². The van der Waals surface area contributed by atoms with Crippen LogP contribution in [0.5, 0.6) is 11.5 Å². The summed E-state index contributed by atoms with van der Waals surface area (Å²) in [5.74, 6) is 0.569. The van der Waals surface area contributed by atoms with E-state index in [1.54, 1.807) is 48.5 Å². The quantitative estimate of drug-likeness (QED) is 0.182. The number of nitrogens with one attached hydrogen (secondary N) is 1. The third kappa shape index (κ3) is 6.23. The van der Waals surface area contributed by atoms with Crippen molar-refractivity contribution in [3.8, 4) is 11.5 Å². The van der Waals surface area contributed by atoms with Gasteiger partial charge < -0.3 is 60.0 Å². The van der Waals surface area contributed by atoms with Crippen molar-refractivity contribution >= 4 is 5.91 Å². The Morgan fingerprint density at radius 1 is 0.821 bits per heavy atom. The molecule has 2 heterocycles. The Balaban J connectivity index is 1.53. The van der Waals surface area contributed by atoms with Gasteiger partial charge >= 0.3 is 0 Å². The maximum atomic E-state index is 11.7. The fraction of sp³-hybridized carbons (Fsp3) is 0.500. The molecule has 1 amide bonds. The summed E-state index contributed by atoms with van der Waals surface area (Å²) in [7, 11) is 1.53. The molecule has 2 aliphatic rings. The molecule has 0 aromatic heterocycles. The molecule has 0 unspecified atom stereocenters. The summed E-state index contributed by atoms with van der Waals surface area (Å²) in [4.78, 5) is 11.7. The lowest BCUT2D eigenvalue weighted by atomic mass is 9.90. The van der Waals surface area contributed by atoms with Gasteiger partial charge in [0.05, 0.1) is 13.2 Å². The topological polar surface area (TPSA) is 208 Å². The standard InChI is InChI=1S/C26H33NO12/c1-27-25(35)12-5-7-14(8-6-12)36-15-4-2-3-13(9-15)23-22(34)24(19(31)17(11-29)37-23)39-26-21(33)20(32)18(30)16(10-28)38-26/h2-9,16-24,26,28-34H,10-11H2,1H3,(H,27,35)/t16-,17-,18-,19-,20-,21-,22-,23-,24+,26-/m1/s1. The highest BCUT2D eigenvalue weighted by Crippen LogP contribution is 2.37. The largest absolute Gasteiger partial charge is 0.457 e. The number of ether oxygens (including phenoxy) is 4. The molecular weight excluding hydrogens is 518 g/mol. The van der Waals surface area contributed by atoms with E-state index in [0.717, 1.165) is 0 Å². The zero-order valence-electron chi connectivity index (χ0n) is 21.0. The first-order valence-electron chi connectivity index (χ1n) is 12.4. The number of hydrogen-bond donors (Lipinski definition) is 8. The average Bonchev–Trinajstić information content (AvgIpc) is 2.95. The molecule has 13 heteroatoms. The van der Waals surface area contributed by atoms with E-state index in [-0.39, 0.29) is 5.91 Å². The average molecular weight is 552 g/mol. The molecule has 2 aromatic rings. The summed E-state index contributed by atoms with van der Waals surface area (Å²) in [5.41, 5.74) is 0.867. The molecule has 10 atom stereocenters. The third-order valence-electron chi connectivity index (χ3n) is 6.77. The Morgan fingerprint density at radius 3 is 2.13 bits per heavy atom. The van der Waals surface area contributed by atoms with Gasteiger partial charge in [0.1, 0.15) is 66.4 Å². The van der Waals surface area contributed by atoms with Crippen LogP contribution in [0.15, 0.2) is 48.5 Å². The van der Waals surface area contributed by atoms with Crippen LogP contribution < -0.4 is 10.1 Å². The zero-order valence-corrected chi connectivity index (χ0v) is 21.0. The Hall–Kier alpha value is -2.69. The minimum atomic E-state index is -1.76. The van der Waals surface area contributed by atoms with Crippen molar-refractivity contribution in [2.24, 2.45) is 0 Å². The minimum absolute atomic E-state index is 0.243. The molecule has 4 rings (SSSR count). The van der Waals surface area contributed by atoms with E-state index in [4.69, 9.17) is 18.9 Å². The van der Waals surface area contributed by atoms with Crippen molar-refractivity contribution < 1.29 is 59.5 Å². The van der Waals surface area contributed by atoms with Crippen molar-refractivity contribution in [2.45, 2.75) is 61.2 Å². The Kier molecular flexibility index (Phi) is 9.51. The lowest BCUT2D eigenvalue weighted by molar-refractivity contribution is -0.342. The van der Waals surface area contributed by atoms with E-state index in [1.165, 1.54) is 7.05 Å². The first-order chi connectivity index (χ1) is 18.7. The molecular formula is C26H33NO12. The predicted octanol–water partition coefficient (Wildman–Crippen LogP) is -1.82. The van der Waals surface area contributed by atoms with Crippen LogP contribution in [-0.2, 0) is 14.2 Å². The Bertz CT molecular complexity index is 1100. The molecule has 0 bridgehead atoms. The molecule has 2 aliphatic heterocycles. The van der Waals surface area contributed by atoms with Crippen LogP contribution in [0.2, 0.25) is 0 Å². The number of aliphatic hydroxyl groups excluding tert-OH is 7. The van der Waals surface area contributed by atoms with Crippen LogP contribution in [0.25, 0.3) is 0 Å². The summed E-state index contributed by atoms with van der Waals surface area (Å²) >= 11 is 0. The highest BCUT2D eigenvalue weighted by atomic mass is 16.7. The van der Waals surface area contributed by atoms with Gasteiger partial charge in [0.15, 0.2) is 6.29 Å². The summed E-state index contributed by atoms with van der Waals surface area (Å²) in [6.45, 7) is -1.32. The highest BCUT2D eigenvalue weighted by molar-refractivity contribution is 5.94.